The first-order chi connectivity index (χ1) is 19.2. The molecule has 0 aliphatic carbocycles. The number of carbonyl (C=O) groups excluding carboxylic acids is 1. The van der Waals surface area contributed by atoms with Crippen molar-refractivity contribution in [2.45, 2.75) is 57.8 Å². The molecule has 7 heteroatoms. The van der Waals surface area contributed by atoms with Crippen LogP contribution in [0.25, 0.3) is 22.4 Å². The zero-order chi connectivity index (χ0) is 28.8. The van der Waals surface area contributed by atoms with Gasteiger partial charge in [-0.1, -0.05) is 74.5 Å². The van der Waals surface area contributed by atoms with E-state index < -0.39 is 24.6 Å². The van der Waals surface area contributed by atoms with Crippen LogP contribution < -0.4 is 0 Å². The van der Waals surface area contributed by atoms with Gasteiger partial charge in [0.1, 0.15) is 5.82 Å². The second kappa shape index (κ2) is 12.9. The number of hydrogen-bond donors (Lipinski definition) is 3. The van der Waals surface area contributed by atoms with E-state index in [4.69, 9.17) is 5.11 Å². The highest BCUT2D eigenvalue weighted by atomic mass is 19.1. The molecule has 2 unspecified atom stereocenters. The van der Waals surface area contributed by atoms with Crippen LogP contribution in [0.2, 0.25) is 0 Å². The number of aromatic nitrogens is 1. The molecule has 0 aliphatic rings. The third-order valence-corrected chi connectivity index (χ3v) is 6.93. The first kappa shape index (κ1) is 28.9. The van der Waals surface area contributed by atoms with Gasteiger partial charge in [-0.2, -0.15) is 0 Å². The molecular formula is C33H34FNO5. The molecule has 40 heavy (non-hydrogen) atoms. The zero-order valence-corrected chi connectivity index (χ0v) is 22.6. The average molecular weight is 544 g/mol. The number of carboxylic acids is 1. The third-order valence-electron chi connectivity index (χ3n) is 6.93. The van der Waals surface area contributed by atoms with Gasteiger partial charge in [-0.05, 0) is 54.2 Å². The Morgan fingerprint density at radius 2 is 1.43 bits per heavy atom. The van der Waals surface area contributed by atoms with E-state index in [0.717, 1.165) is 28.1 Å². The van der Waals surface area contributed by atoms with Gasteiger partial charge in [0.25, 0.3) is 0 Å². The maximum absolute atomic E-state index is 14.2. The first-order valence-electron chi connectivity index (χ1n) is 13.4. The van der Waals surface area contributed by atoms with Gasteiger partial charge in [0.05, 0.1) is 29.9 Å². The van der Waals surface area contributed by atoms with Crippen molar-refractivity contribution in [1.82, 2.24) is 4.57 Å². The van der Waals surface area contributed by atoms with E-state index in [1.54, 1.807) is 24.3 Å². The predicted octanol–water partition coefficient (Wildman–Crippen LogP) is 6.29. The molecule has 1 aromatic heterocycles. The summed E-state index contributed by atoms with van der Waals surface area (Å²) in [6.07, 6.45) is -2.46. The topological polar surface area (TPSA) is 99.8 Å². The molecule has 1 heterocycles. The number of aliphatic hydroxyl groups excluding tert-OH is 2. The summed E-state index contributed by atoms with van der Waals surface area (Å²) in [5, 5.41) is 29.7. The summed E-state index contributed by atoms with van der Waals surface area (Å²) in [5.74, 6) is -1.74. The second-order valence-corrected chi connectivity index (χ2v) is 10.3. The van der Waals surface area contributed by atoms with Gasteiger partial charge in [0, 0.05) is 23.4 Å². The Hall–Kier alpha value is -4.07. The van der Waals surface area contributed by atoms with Gasteiger partial charge in [-0.25, -0.2) is 4.39 Å². The number of rotatable bonds is 12. The van der Waals surface area contributed by atoms with Crippen LogP contribution in [0.1, 0.15) is 60.6 Å². The number of halogens is 1. The van der Waals surface area contributed by atoms with Crippen molar-refractivity contribution in [2.75, 3.05) is 0 Å². The minimum Gasteiger partial charge on any atom is -0.481 e. The minimum atomic E-state index is -1.17. The molecule has 3 N–H and O–H groups in total. The lowest BCUT2D eigenvalue weighted by molar-refractivity contribution is -0.139. The lowest BCUT2D eigenvalue weighted by Crippen LogP contribution is -2.22. The molecule has 4 rings (SSSR count). The largest absolute Gasteiger partial charge is 0.481 e. The van der Waals surface area contributed by atoms with Crippen LogP contribution in [0.5, 0.6) is 0 Å². The molecule has 2 atom stereocenters. The summed E-state index contributed by atoms with van der Waals surface area (Å²) >= 11 is 0. The molecule has 0 spiro atoms. The van der Waals surface area contributed by atoms with Gasteiger partial charge in [0.15, 0.2) is 5.78 Å². The molecule has 208 valence electrons. The first-order valence-corrected chi connectivity index (χ1v) is 13.4. The molecule has 0 saturated carbocycles. The molecule has 4 aromatic rings. The highest BCUT2D eigenvalue weighted by molar-refractivity contribution is 6.16. The fourth-order valence-electron chi connectivity index (χ4n) is 5.22. The van der Waals surface area contributed by atoms with E-state index in [1.807, 2.05) is 66.9 Å². The van der Waals surface area contributed by atoms with E-state index in [1.165, 1.54) is 12.1 Å². The lowest BCUT2D eigenvalue weighted by atomic mass is 9.90. The zero-order valence-electron chi connectivity index (χ0n) is 22.6. The lowest BCUT2D eigenvalue weighted by Gasteiger charge is -2.20. The van der Waals surface area contributed by atoms with Gasteiger partial charge in [-0.3, -0.25) is 9.59 Å². The van der Waals surface area contributed by atoms with Crippen LogP contribution in [0.15, 0.2) is 84.9 Å². The molecule has 3 aromatic carbocycles. The summed E-state index contributed by atoms with van der Waals surface area (Å²) < 4.78 is 16.0. The van der Waals surface area contributed by atoms with Crippen LogP contribution in [0.4, 0.5) is 4.39 Å². The number of nitrogens with zero attached hydrogens (tertiary/aromatic N) is 1. The summed E-state index contributed by atoms with van der Waals surface area (Å²) in [6, 6.07) is 24.8. The summed E-state index contributed by atoms with van der Waals surface area (Å²) in [4.78, 5) is 25.2. The van der Waals surface area contributed by atoms with Gasteiger partial charge < -0.3 is 19.9 Å². The van der Waals surface area contributed by atoms with Crippen LogP contribution in [-0.4, -0.2) is 43.8 Å². The summed E-state index contributed by atoms with van der Waals surface area (Å²) in [6.45, 7) is 4.30. The molecule has 0 fully saturated rings. The van der Waals surface area contributed by atoms with E-state index in [2.05, 4.69) is 0 Å². The van der Waals surface area contributed by atoms with Crippen molar-refractivity contribution >= 4 is 11.8 Å². The molecule has 6 nitrogen and oxygen atoms in total. The number of carbonyl (C=O) groups is 2. The van der Waals surface area contributed by atoms with Crippen LogP contribution >= 0.6 is 0 Å². The highest BCUT2D eigenvalue weighted by Gasteiger charge is 2.31. The third kappa shape index (κ3) is 6.55. The minimum absolute atomic E-state index is 0.0855. The summed E-state index contributed by atoms with van der Waals surface area (Å²) in [7, 11) is 0. The number of aliphatic hydroxyl groups is 2. The Morgan fingerprint density at radius 1 is 0.825 bits per heavy atom. The van der Waals surface area contributed by atoms with Crippen molar-refractivity contribution in [2.24, 2.45) is 0 Å². The maximum Gasteiger partial charge on any atom is 0.305 e. The molecule has 0 saturated heterocycles. The van der Waals surface area contributed by atoms with Crippen molar-refractivity contribution in [3.8, 4) is 22.4 Å². The molecular weight excluding hydrogens is 509 g/mol. The van der Waals surface area contributed by atoms with Gasteiger partial charge >= 0.3 is 5.97 Å². The average Bonchev–Trinajstić information content (AvgIpc) is 3.27. The van der Waals surface area contributed by atoms with Gasteiger partial charge in [0.2, 0.25) is 0 Å². The van der Waals surface area contributed by atoms with E-state index in [-0.39, 0.29) is 30.4 Å². The van der Waals surface area contributed by atoms with Crippen molar-refractivity contribution in [1.29, 1.82) is 0 Å². The Morgan fingerprint density at radius 3 is 2.00 bits per heavy atom. The smallest absolute Gasteiger partial charge is 0.305 e. The van der Waals surface area contributed by atoms with E-state index >= 15 is 0 Å². The Bertz CT molecular complexity index is 1450. The fourth-order valence-corrected chi connectivity index (χ4v) is 5.22. The Kier molecular flexibility index (Phi) is 9.30. The van der Waals surface area contributed by atoms with Crippen LogP contribution in [0.3, 0.4) is 0 Å². The van der Waals surface area contributed by atoms with Crippen LogP contribution in [0, 0.1) is 5.82 Å². The Labute approximate surface area is 233 Å². The molecule has 0 aliphatic heterocycles. The van der Waals surface area contributed by atoms with Crippen molar-refractivity contribution in [3.63, 3.8) is 0 Å². The number of benzene rings is 3. The number of ketones is 1. The monoisotopic (exact) mass is 543 g/mol. The number of hydrogen-bond acceptors (Lipinski definition) is 4. The highest BCUT2D eigenvalue weighted by Crippen LogP contribution is 2.43. The Balaban J connectivity index is 1.93. The number of carboxylic acid groups (broad SMARTS) is 1. The van der Waals surface area contributed by atoms with Crippen molar-refractivity contribution < 1.29 is 29.3 Å². The predicted molar refractivity (Wildman–Crippen MR) is 153 cm³/mol. The second-order valence-electron chi connectivity index (χ2n) is 10.3. The molecule has 0 radical (unpaired) electrons. The maximum atomic E-state index is 14.2. The summed E-state index contributed by atoms with van der Waals surface area (Å²) in [5.41, 5.74) is 4.88. The fraction of sp³-hybridized carbons (Fsp3) is 0.273. The van der Waals surface area contributed by atoms with Crippen molar-refractivity contribution in [3.05, 3.63) is 108 Å². The van der Waals surface area contributed by atoms with Gasteiger partial charge in [-0.15, -0.1) is 0 Å². The standard InChI is InChI=1S/C33H34FNO5/c1-21(2)31-30(33(40)24-11-7-4-8-12-24)29(22-9-5-3-6-10-22)32(23-13-15-25(34)16-14-23)35(31)18-17-26(36)19-27(37)20-28(38)39/h3-16,21,26-27,36-37H,17-20H2,1-2H3,(H,38,39). The molecule has 0 bridgehead atoms. The van der Waals surface area contributed by atoms with E-state index in [9.17, 15) is 24.2 Å². The number of aliphatic carboxylic acids is 1. The van der Waals surface area contributed by atoms with E-state index in [0.29, 0.717) is 17.7 Å². The SMILES string of the molecule is CC(C)c1c(C(=O)c2ccccc2)c(-c2ccccc2)c(-c2ccc(F)cc2)n1CCC(O)CC(O)CC(=O)O. The normalized spacial score (nSPS) is 12.8. The quantitative estimate of drug-likeness (QED) is 0.182. The molecule has 0 amide bonds. The van der Waals surface area contributed by atoms with Crippen LogP contribution in [-0.2, 0) is 11.3 Å².